The van der Waals surface area contributed by atoms with Gasteiger partial charge in [0.05, 0.1) is 5.52 Å². The summed E-state index contributed by atoms with van der Waals surface area (Å²) < 4.78 is 0. The van der Waals surface area contributed by atoms with Crippen LogP contribution in [0.2, 0.25) is 0 Å². The normalized spacial score (nSPS) is 16.5. The van der Waals surface area contributed by atoms with Crippen molar-refractivity contribution >= 4 is 52.6 Å². The first-order valence-corrected chi connectivity index (χ1v) is 11.3. The summed E-state index contributed by atoms with van der Waals surface area (Å²) in [5.74, 6) is 2.89. The van der Waals surface area contributed by atoms with Crippen molar-refractivity contribution in [1.29, 1.82) is 0 Å². The maximum atomic E-state index is 4.56. The molecule has 30 heavy (non-hydrogen) atoms. The highest BCUT2D eigenvalue weighted by Crippen LogP contribution is 2.26. The summed E-state index contributed by atoms with van der Waals surface area (Å²) in [6.07, 6.45) is 4.04. The molecule has 0 spiro atoms. The number of fused-ring (bicyclic) bond motifs is 1. The van der Waals surface area contributed by atoms with Gasteiger partial charge in [-0.15, -0.1) is 35.7 Å². The first-order chi connectivity index (χ1) is 14.3. The molecule has 0 radical (unpaired) electrons. The van der Waals surface area contributed by atoms with Gasteiger partial charge in [0, 0.05) is 48.9 Å². The maximum absolute atomic E-state index is 4.56. The maximum Gasteiger partial charge on any atom is 0.193 e. The molecule has 2 heterocycles. The minimum Gasteiger partial charge on any atom is -0.356 e. The lowest BCUT2D eigenvalue weighted by Crippen LogP contribution is -2.41. The van der Waals surface area contributed by atoms with Crippen LogP contribution in [0.3, 0.4) is 0 Å². The SMILES string of the molecule is CN=C(NCCc1cccc2cccnc12)N1CCC(CSc2ccccc2)C1.I. The zero-order chi connectivity index (χ0) is 19.9. The van der Waals surface area contributed by atoms with Crippen molar-refractivity contribution in [3.05, 3.63) is 72.4 Å². The van der Waals surface area contributed by atoms with Gasteiger partial charge in [0.25, 0.3) is 0 Å². The molecule has 1 atom stereocenters. The number of hydrogen-bond acceptors (Lipinski definition) is 3. The highest BCUT2D eigenvalue weighted by atomic mass is 127. The predicted octanol–water partition coefficient (Wildman–Crippen LogP) is 5.08. The lowest BCUT2D eigenvalue weighted by Gasteiger charge is -2.22. The Morgan fingerprint density at radius 3 is 2.80 bits per heavy atom. The van der Waals surface area contributed by atoms with E-state index in [2.05, 4.69) is 74.8 Å². The number of hydrogen-bond donors (Lipinski definition) is 1. The Kier molecular flexibility index (Phi) is 8.81. The van der Waals surface area contributed by atoms with Crippen LogP contribution in [0.5, 0.6) is 0 Å². The van der Waals surface area contributed by atoms with Crippen LogP contribution in [0.25, 0.3) is 10.9 Å². The van der Waals surface area contributed by atoms with E-state index in [-0.39, 0.29) is 24.0 Å². The van der Waals surface area contributed by atoms with Crippen LogP contribution >= 0.6 is 35.7 Å². The number of aliphatic imine (C=N–C) groups is 1. The van der Waals surface area contributed by atoms with E-state index in [4.69, 9.17) is 0 Å². The molecule has 1 saturated heterocycles. The molecule has 1 unspecified atom stereocenters. The van der Waals surface area contributed by atoms with Crippen molar-refractivity contribution in [2.24, 2.45) is 10.9 Å². The Morgan fingerprint density at radius 1 is 1.13 bits per heavy atom. The molecule has 158 valence electrons. The summed E-state index contributed by atoms with van der Waals surface area (Å²) in [7, 11) is 1.88. The molecule has 2 aromatic carbocycles. The van der Waals surface area contributed by atoms with Gasteiger partial charge < -0.3 is 10.2 Å². The fourth-order valence-corrected chi connectivity index (χ4v) is 4.95. The molecule has 0 amide bonds. The van der Waals surface area contributed by atoms with Gasteiger partial charge >= 0.3 is 0 Å². The number of pyridine rings is 1. The van der Waals surface area contributed by atoms with Crippen LogP contribution in [0.1, 0.15) is 12.0 Å². The second-order valence-corrected chi connectivity index (χ2v) is 8.53. The smallest absolute Gasteiger partial charge is 0.193 e. The molecule has 1 fully saturated rings. The number of aromatic nitrogens is 1. The van der Waals surface area contributed by atoms with E-state index >= 15 is 0 Å². The molecular weight excluding hydrogens is 503 g/mol. The van der Waals surface area contributed by atoms with Gasteiger partial charge in [0.15, 0.2) is 5.96 Å². The molecule has 1 N–H and O–H groups in total. The largest absolute Gasteiger partial charge is 0.356 e. The molecule has 1 aliphatic heterocycles. The number of nitrogens with zero attached hydrogens (tertiary/aromatic N) is 3. The van der Waals surface area contributed by atoms with Crippen molar-refractivity contribution in [3.63, 3.8) is 0 Å². The van der Waals surface area contributed by atoms with Gasteiger partial charge in [0.2, 0.25) is 0 Å². The summed E-state index contributed by atoms with van der Waals surface area (Å²) in [6.45, 7) is 3.02. The third-order valence-electron chi connectivity index (χ3n) is 5.42. The fraction of sp³-hybridized carbons (Fsp3) is 0.333. The highest BCUT2D eigenvalue weighted by molar-refractivity contribution is 14.0. The molecule has 0 bridgehead atoms. The van der Waals surface area contributed by atoms with Gasteiger partial charge in [0.1, 0.15) is 0 Å². The van der Waals surface area contributed by atoms with E-state index < -0.39 is 0 Å². The topological polar surface area (TPSA) is 40.5 Å². The molecular formula is C24H29IN4S. The van der Waals surface area contributed by atoms with E-state index in [1.54, 1.807) is 0 Å². The Hall–Kier alpha value is -1.80. The number of likely N-dealkylation sites (tertiary alicyclic amines) is 1. The number of guanidine groups is 1. The Morgan fingerprint density at radius 2 is 1.97 bits per heavy atom. The van der Waals surface area contributed by atoms with Gasteiger partial charge in [-0.3, -0.25) is 9.98 Å². The first kappa shape index (κ1) is 22.9. The Labute approximate surface area is 200 Å². The van der Waals surface area contributed by atoms with E-state index in [9.17, 15) is 0 Å². The van der Waals surface area contributed by atoms with Crippen molar-refractivity contribution in [2.45, 2.75) is 17.7 Å². The van der Waals surface area contributed by atoms with Gasteiger partial charge in [-0.25, -0.2) is 0 Å². The van der Waals surface area contributed by atoms with Crippen molar-refractivity contribution < 1.29 is 0 Å². The van der Waals surface area contributed by atoms with Gasteiger partial charge in [-0.1, -0.05) is 42.5 Å². The van der Waals surface area contributed by atoms with Crippen LogP contribution in [0.15, 0.2) is 76.7 Å². The number of benzene rings is 2. The minimum atomic E-state index is 0. The average molecular weight is 532 g/mol. The number of para-hydroxylation sites is 1. The van der Waals surface area contributed by atoms with Crippen molar-refractivity contribution in [1.82, 2.24) is 15.2 Å². The summed E-state index contributed by atoms with van der Waals surface area (Å²) in [4.78, 5) is 12.8. The standard InChI is InChI=1S/C24H28N4S.HI/c1-25-24(27-15-12-21-8-5-7-20-9-6-14-26-23(20)21)28-16-13-19(17-28)18-29-22-10-3-2-4-11-22;/h2-11,14,19H,12-13,15-18H2,1H3,(H,25,27);1H. The second-order valence-electron chi connectivity index (χ2n) is 7.44. The molecule has 4 rings (SSSR count). The first-order valence-electron chi connectivity index (χ1n) is 10.3. The number of rotatable bonds is 6. The third-order valence-corrected chi connectivity index (χ3v) is 6.66. The molecule has 1 aliphatic rings. The number of nitrogens with one attached hydrogen (secondary N) is 1. The number of thioether (sulfide) groups is 1. The summed E-state index contributed by atoms with van der Waals surface area (Å²) >= 11 is 1.96. The average Bonchev–Trinajstić information content (AvgIpc) is 3.25. The van der Waals surface area contributed by atoms with E-state index in [0.717, 1.165) is 37.5 Å². The second kappa shape index (κ2) is 11.6. The molecule has 0 aliphatic carbocycles. The van der Waals surface area contributed by atoms with Crippen molar-refractivity contribution in [3.8, 4) is 0 Å². The zero-order valence-electron chi connectivity index (χ0n) is 17.3. The zero-order valence-corrected chi connectivity index (χ0v) is 20.5. The van der Waals surface area contributed by atoms with E-state index in [0.29, 0.717) is 5.92 Å². The summed E-state index contributed by atoms with van der Waals surface area (Å²) in [5, 5.41) is 4.76. The fourth-order valence-electron chi connectivity index (χ4n) is 3.90. The van der Waals surface area contributed by atoms with Crippen LogP contribution in [-0.2, 0) is 6.42 Å². The molecule has 3 aromatic rings. The predicted molar refractivity (Wildman–Crippen MR) is 139 cm³/mol. The van der Waals surface area contributed by atoms with Crippen LogP contribution in [0.4, 0.5) is 0 Å². The van der Waals surface area contributed by atoms with Crippen molar-refractivity contribution in [2.75, 3.05) is 32.4 Å². The minimum absolute atomic E-state index is 0. The molecule has 0 saturated carbocycles. The van der Waals surface area contributed by atoms with Gasteiger partial charge in [-0.05, 0) is 42.5 Å². The Bertz CT molecular complexity index is 958. The lowest BCUT2D eigenvalue weighted by molar-refractivity contribution is 0.475. The summed E-state index contributed by atoms with van der Waals surface area (Å²) in [6, 6.07) is 21.2. The van der Waals surface area contributed by atoms with Crippen LogP contribution in [0, 0.1) is 5.92 Å². The molecule has 1 aromatic heterocycles. The Balaban J connectivity index is 0.00000256. The van der Waals surface area contributed by atoms with E-state index in [1.807, 2.05) is 31.1 Å². The van der Waals surface area contributed by atoms with Crippen LogP contribution in [-0.4, -0.2) is 48.3 Å². The quantitative estimate of drug-likeness (QED) is 0.208. The number of halogens is 1. The monoisotopic (exact) mass is 532 g/mol. The van der Waals surface area contributed by atoms with Gasteiger partial charge in [-0.2, -0.15) is 0 Å². The lowest BCUT2D eigenvalue weighted by atomic mass is 10.1. The van der Waals surface area contributed by atoms with Crippen LogP contribution < -0.4 is 5.32 Å². The molecule has 4 nitrogen and oxygen atoms in total. The molecule has 6 heteroatoms. The van der Waals surface area contributed by atoms with E-state index in [1.165, 1.54) is 28.0 Å². The highest BCUT2D eigenvalue weighted by Gasteiger charge is 2.24. The summed E-state index contributed by atoms with van der Waals surface area (Å²) in [5.41, 5.74) is 2.38. The third kappa shape index (κ3) is 5.88.